The molecule has 213 valence electrons. The van der Waals surface area contributed by atoms with Gasteiger partial charge < -0.3 is 14.0 Å². The van der Waals surface area contributed by atoms with Gasteiger partial charge in [0, 0.05) is 54.7 Å². The van der Waals surface area contributed by atoms with E-state index in [4.69, 9.17) is 13.5 Å². The van der Waals surface area contributed by atoms with Crippen molar-refractivity contribution in [2.75, 3.05) is 0 Å². The molecule has 0 amide bonds. The Morgan fingerprint density at radius 3 is 2.48 bits per heavy atom. The summed E-state index contributed by atoms with van der Waals surface area (Å²) in [5, 5.41) is 3.34. The Labute approximate surface area is 264 Å². The van der Waals surface area contributed by atoms with Crippen LogP contribution >= 0.6 is 0 Å². The zero-order valence-electron chi connectivity index (χ0n) is 27.0. The molecular weight excluding hydrogens is 715 g/mol. The molecule has 0 aliphatic rings. The van der Waals surface area contributed by atoms with E-state index in [0.717, 1.165) is 55.7 Å². The van der Waals surface area contributed by atoms with Gasteiger partial charge in [0.05, 0.1) is 36.7 Å². The third-order valence-electron chi connectivity index (χ3n) is 7.06. The van der Waals surface area contributed by atoms with E-state index in [1.807, 2.05) is 67.3 Å². The molecule has 0 saturated carbocycles. The quantitative estimate of drug-likeness (QED) is 0.139. The van der Waals surface area contributed by atoms with Gasteiger partial charge in [0.1, 0.15) is 0 Å². The van der Waals surface area contributed by atoms with Crippen molar-refractivity contribution in [1.82, 2.24) is 24.5 Å². The third kappa shape index (κ3) is 5.70. The van der Waals surface area contributed by atoms with Crippen LogP contribution in [0.5, 0.6) is 0 Å². The van der Waals surface area contributed by atoms with E-state index in [-0.39, 0.29) is 20.1 Å². The van der Waals surface area contributed by atoms with Gasteiger partial charge in [0.15, 0.2) is 0 Å². The Morgan fingerprint density at radius 2 is 1.79 bits per heavy atom. The van der Waals surface area contributed by atoms with Crippen LogP contribution in [0.15, 0.2) is 83.7 Å². The number of benzene rings is 2. The van der Waals surface area contributed by atoms with E-state index in [1.54, 1.807) is 18.3 Å². The predicted octanol–water partition coefficient (Wildman–Crippen LogP) is 7.44. The molecule has 7 rings (SSSR count). The van der Waals surface area contributed by atoms with Gasteiger partial charge in [0.25, 0.3) is 0 Å². The molecule has 0 spiro atoms. The fraction of sp³-hybridized carbons (Fsp3) is 0.176. The van der Waals surface area contributed by atoms with E-state index in [2.05, 4.69) is 52.8 Å². The molecule has 0 atom stereocenters. The molecule has 5 aromatic heterocycles. The number of furan rings is 1. The molecule has 0 fully saturated rings. The normalized spacial score (nSPS) is 12.7. The summed E-state index contributed by atoms with van der Waals surface area (Å²) in [4.78, 5) is 17.9. The van der Waals surface area contributed by atoms with Crippen molar-refractivity contribution in [2.45, 2.75) is 33.4 Å². The number of hydrogen-bond donors (Lipinski definition) is 0. The summed E-state index contributed by atoms with van der Waals surface area (Å²) in [5.74, 6) is 0.805. The van der Waals surface area contributed by atoms with Gasteiger partial charge >= 0.3 is 0 Å². The van der Waals surface area contributed by atoms with Gasteiger partial charge in [-0.1, -0.05) is 49.6 Å². The molecule has 6 nitrogen and oxygen atoms in total. The number of nitrogens with zero attached hydrogens (tertiary/aromatic N) is 5. The van der Waals surface area contributed by atoms with Gasteiger partial charge in [-0.25, -0.2) is 4.98 Å². The molecule has 1 radical (unpaired) electrons. The summed E-state index contributed by atoms with van der Waals surface area (Å²) < 4.78 is 30.1. The molecule has 0 unspecified atom stereocenters. The Morgan fingerprint density at radius 1 is 0.929 bits per heavy atom. The molecule has 8 heteroatoms. The topological polar surface area (TPSA) is 69.6 Å². The number of aryl methyl sites for hydroxylation is 3. The van der Waals surface area contributed by atoms with Crippen molar-refractivity contribution in [3.63, 3.8) is 0 Å². The van der Waals surface area contributed by atoms with E-state index in [1.165, 1.54) is 11.3 Å². The molecular formula is C34H31IrN5OSi-2. The maximum atomic E-state index is 7.35. The average molecular weight is 749 g/mol. The Hall–Kier alpha value is -3.97. The second kappa shape index (κ2) is 11.7. The van der Waals surface area contributed by atoms with Crippen molar-refractivity contribution in [1.29, 1.82) is 0 Å². The molecule has 2 aromatic carbocycles. The third-order valence-corrected chi connectivity index (χ3v) is 9.09. The largest absolute Gasteiger partial charge is 0.486 e. The van der Waals surface area contributed by atoms with Gasteiger partial charge in [-0.15, -0.1) is 53.6 Å². The summed E-state index contributed by atoms with van der Waals surface area (Å²) >= 11 is 0. The van der Waals surface area contributed by atoms with E-state index in [0.29, 0.717) is 11.3 Å². The minimum Gasteiger partial charge on any atom is -0.486 e. The number of aromatic nitrogens is 5. The zero-order chi connectivity index (χ0) is 31.2. The second-order valence-corrected chi connectivity index (χ2v) is 16.1. The first-order valence-corrected chi connectivity index (χ1v) is 16.9. The molecule has 0 aliphatic carbocycles. The molecule has 42 heavy (non-hydrogen) atoms. The van der Waals surface area contributed by atoms with Crippen LogP contribution in [0, 0.1) is 25.9 Å². The monoisotopic (exact) mass is 749 g/mol. The van der Waals surface area contributed by atoms with Crippen molar-refractivity contribution < 1.29 is 28.6 Å². The summed E-state index contributed by atoms with van der Waals surface area (Å²) in [6.07, 6.45) is 5.49. The second-order valence-electron chi connectivity index (χ2n) is 11.0. The van der Waals surface area contributed by atoms with Crippen LogP contribution < -0.4 is 5.19 Å². The Kier molecular flexibility index (Phi) is 7.18. The van der Waals surface area contributed by atoms with E-state index in [9.17, 15) is 0 Å². The van der Waals surface area contributed by atoms with Crippen molar-refractivity contribution >= 4 is 46.4 Å². The van der Waals surface area contributed by atoms with Crippen LogP contribution in [0.25, 0.3) is 55.7 Å². The summed E-state index contributed by atoms with van der Waals surface area (Å²) in [6, 6.07) is 25.1. The maximum absolute atomic E-state index is 7.35. The van der Waals surface area contributed by atoms with Gasteiger partial charge in [0.2, 0.25) is 5.71 Å². The average Bonchev–Trinajstić information content (AvgIpc) is 3.53. The van der Waals surface area contributed by atoms with Crippen LogP contribution in [0.1, 0.15) is 15.4 Å². The molecule has 0 bridgehead atoms. The molecule has 0 saturated heterocycles. The zero-order valence-corrected chi connectivity index (χ0v) is 27.4. The standard InChI is InChI=1S/C19H13N4O.C15H18NSi.Ir/c1-11-6-7-13-12-4-3-5-14(17(12)24-19(13)21-11)18-22-15-8-9-20-10-16(15)23(18)2;1-12-5-7-13(8-6-12)15-10-9-14(11-16-15)17(2,3)4;/h3-4,6-10H,1-2H3;5-7,9-11H,1-4H3;/q2*-1;/i;1D3;. The Bertz CT molecular complexity index is 2060. The van der Waals surface area contributed by atoms with Gasteiger partial charge in [-0.05, 0) is 36.0 Å². The van der Waals surface area contributed by atoms with Crippen molar-refractivity contribution in [3.8, 4) is 22.6 Å². The molecule has 0 N–H and O–H groups in total. The van der Waals surface area contributed by atoms with Crippen LogP contribution in [0.4, 0.5) is 0 Å². The van der Waals surface area contributed by atoms with Gasteiger partial charge in [-0.3, -0.25) is 9.97 Å². The fourth-order valence-corrected chi connectivity index (χ4v) is 5.76. The van der Waals surface area contributed by atoms with Crippen molar-refractivity contribution in [2.24, 2.45) is 7.05 Å². The Balaban J connectivity index is 0.000000177. The predicted molar refractivity (Wildman–Crippen MR) is 169 cm³/mol. The summed E-state index contributed by atoms with van der Waals surface area (Å²) in [7, 11) is 0.638. The van der Waals surface area contributed by atoms with Crippen LogP contribution in [0.3, 0.4) is 0 Å². The minimum atomic E-state index is -2.08. The first kappa shape index (κ1) is 25.7. The number of pyridine rings is 3. The minimum absolute atomic E-state index is 0. The molecule has 7 aromatic rings. The summed E-state index contributed by atoms with van der Waals surface area (Å²) in [6.45, 7) is 6.71. The van der Waals surface area contributed by atoms with Crippen LogP contribution in [0.2, 0.25) is 19.6 Å². The molecule has 5 heterocycles. The maximum Gasteiger partial charge on any atom is 0.216 e. The van der Waals surface area contributed by atoms with Crippen LogP contribution in [-0.4, -0.2) is 32.6 Å². The summed E-state index contributed by atoms with van der Waals surface area (Å²) in [5.41, 5.74) is 7.00. The number of rotatable bonds is 3. The SMILES string of the molecule is Cc1ccc2c(n1)oc1c(-c3nc4ccncc4n3C)[c-]ccc12.[2H]C([2H])([2H])c1c[c-]c(-c2ccc([Si](C)(C)C)cn2)cc1.[Ir]. The fourth-order valence-electron chi connectivity index (χ4n) is 4.72. The van der Waals surface area contributed by atoms with E-state index < -0.39 is 14.9 Å². The first-order valence-electron chi connectivity index (χ1n) is 14.9. The van der Waals surface area contributed by atoms with Gasteiger partial charge in [-0.2, -0.15) is 0 Å². The van der Waals surface area contributed by atoms with E-state index >= 15 is 0 Å². The molecule has 0 aliphatic heterocycles. The number of hydrogen-bond acceptors (Lipinski definition) is 5. The first-order chi connectivity index (χ1) is 20.9. The number of fused-ring (bicyclic) bond motifs is 4. The number of imidazole rings is 1. The van der Waals surface area contributed by atoms with Crippen LogP contribution in [-0.2, 0) is 27.2 Å². The van der Waals surface area contributed by atoms with Crippen molar-refractivity contribution in [3.05, 3.63) is 103 Å². The smallest absolute Gasteiger partial charge is 0.216 e.